The Morgan fingerprint density at radius 2 is 1.71 bits per heavy atom. The fourth-order valence-corrected chi connectivity index (χ4v) is 2.95. The Bertz CT molecular complexity index is 847. The van der Waals surface area contributed by atoms with Gasteiger partial charge in [-0.3, -0.25) is 19.4 Å². The number of nitrogens with two attached hydrogens (primary N) is 3. The van der Waals surface area contributed by atoms with Crippen LogP contribution >= 0.6 is 12.6 Å². The number of nitrogens with zero attached hydrogens (tertiary/aromatic N) is 2. The molecule has 0 aliphatic heterocycles. The zero-order valence-corrected chi connectivity index (χ0v) is 19.2. The van der Waals surface area contributed by atoms with Crippen LogP contribution in [0, 0.1) is 0 Å². The quantitative estimate of drug-likeness (QED) is 0.0479. The zero-order valence-electron chi connectivity index (χ0n) is 18.3. The highest BCUT2D eigenvalue weighted by Crippen LogP contribution is 2.03. The first-order chi connectivity index (χ1) is 16.1. The molecule has 15 nitrogen and oxygen atoms in total. The van der Waals surface area contributed by atoms with Gasteiger partial charge in [0, 0.05) is 30.6 Å². The molecule has 0 saturated heterocycles. The number of aliphatic imine (C=N–C) groups is 1. The van der Waals surface area contributed by atoms with Gasteiger partial charge in [0.05, 0.1) is 12.9 Å². The number of H-pyrrole nitrogens is 1. The Morgan fingerprint density at radius 3 is 2.24 bits per heavy atom. The van der Waals surface area contributed by atoms with Crippen LogP contribution in [0.25, 0.3) is 0 Å². The monoisotopic (exact) mass is 501 g/mol. The van der Waals surface area contributed by atoms with E-state index in [0.717, 1.165) is 0 Å². The van der Waals surface area contributed by atoms with Crippen molar-refractivity contribution >= 4 is 42.3 Å². The largest absolute Gasteiger partial charge is 0.480 e. The molecule has 3 amide bonds. The number of hydrogen-bond donors (Lipinski definition) is 10. The first kappa shape index (κ1) is 28.7. The van der Waals surface area contributed by atoms with Gasteiger partial charge in [0.2, 0.25) is 17.7 Å². The average Bonchev–Trinajstić information content (AvgIpc) is 3.30. The van der Waals surface area contributed by atoms with Crippen molar-refractivity contribution in [3.05, 3.63) is 18.2 Å². The molecule has 0 spiro atoms. The van der Waals surface area contributed by atoms with Gasteiger partial charge in [-0.15, -0.1) is 0 Å². The summed E-state index contributed by atoms with van der Waals surface area (Å²) in [6.45, 7) is -0.457. The molecule has 190 valence electrons. The molecule has 1 heterocycles. The van der Waals surface area contributed by atoms with Crippen LogP contribution in [0.1, 0.15) is 18.5 Å². The van der Waals surface area contributed by atoms with Gasteiger partial charge in [-0.2, -0.15) is 12.6 Å². The molecule has 1 rings (SSSR count). The van der Waals surface area contributed by atoms with Crippen molar-refractivity contribution in [2.75, 3.05) is 18.9 Å². The summed E-state index contributed by atoms with van der Waals surface area (Å²) in [5.74, 6) is -3.87. The van der Waals surface area contributed by atoms with Gasteiger partial charge in [0.15, 0.2) is 5.96 Å². The summed E-state index contributed by atoms with van der Waals surface area (Å²) in [7, 11) is 0. The Balaban J connectivity index is 2.85. The number of carboxylic acids is 1. The third-order valence-electron chi connectivity index (χ3n) is 4.52. The topological polar surface area (TPSA) is 264 Å². The normalized spacial score (nSPS) is 14.2. The van der Waals surface area contributed by atoms with E-state index in [1.54, 1.807) is 0 Å². The molecule has 16 heteroatoms. The summed E-state index contributed by atoms with van der Waals surface area (Å²) in [5.41, 5.74) is 16.5. The van der Waals surface area contributed by atoms with Gasteiger partial charge in [-0.05, 0) is 12.8 Å². The lowest BCUT2D eigenvalue weighted by Crippen LogP contribution is -2.58. The van der Waals surface area contributed by atoms with Crippen LogP contribution in [-0.4, -0.2) is 92.9 Å². The molecule has 4 atom stereocenters. The second-order valence-electron chi connectivity index (χ2n) is 7.22. The fraction of sp³-hybridized carbons (Fsp3) is 0.556. The average molecular weight is 502 g/mol. The molecule has 0 aliphatic rings. The minimum atomic E-state index is -1.29. The number of rotatable bonds is 15. The maximum absolute atomic E-state index is 12.8. The van der Waals surface area contributed by atoms with E-state index in [1.165, 1.54) is 12.5 Å². The number of guanidine groups is 1. The Hall–Kier alpha value is -3.37. The highest BCUT2D eigenvalue weighted by atomic mass is 32.1. The number of hydrogen-bond acceptors (Lipinski definition) is 9. The third kappa shape index (κ3) is 10.1. The predicted octanol–water partition coefficient (Wildman–Crippen LogP) is -4.21. The summed E-state index contributed by atoms with van der Waals surface area (Å²) in [6, 6.07) is -4.88. The molecule has 1 aromatic heterocycles. The van der Waals surface area contributed by atoms with Crippen LogP contribution in [-0.2, 0) is 25.6 Å². The third-order valence-corrected chi connectivity index (χ3v) is 4.89. The van der Waals surface area contributed by atoms with E-state index >= 15 is 0 Å². The predicted molar refractivity (Wildman–Crippen MR) is 125 cm³/mol. The summed E-state index contributed by atoms with van der Waals surface area (Å²) in [6.07, 6.45) is 3.12. The van der Waals surface area contributed by atoms with Crippen molar-refractivity contribution < 1.29 is 29.4 Å². The molecular formula is C18H31N9O6S. The number of amides is 3. The number of aliphatic hydroxyl groups excluding tert-OH is 1. The molecule has 0 fully saturated rings. The van der Waals surface area contributed by atoms with Gasteiger partial charge in [0.1, 0.15) is 24.2 Å². The standard InChI is InChI=1S/C18H31N9O6S/c19-10(6-28)14(29)25-11(2-1-3-23-18(20)21)15(30)27-13(7-34)16(31)26-12(17(32)33)4-9-5-22-8-24-9/h5,8,10-13,28,34H,1-4,6-7,19H2,(H,22,24)(H,25,29)(H,26,31)(H,27,30)(H,32,33)(H4,20,21,23). The maximum Gasteiger partial charge on any atom is 0.326 e. The molecule has 0 aliphatic carbocycles. The number of aliphatic hydroxyl groups is 1. The van der Waals surface area contributed by atoms with Gasteiger partial charge in [0.25, 0.3) is 0 Å². The first-order valence-electron chi connectivity index (χ1n) is 10.2. The summed E-state index contributed by atoms with van der Waals surface area (Å²) < 4.78 is 0. The van der Waals surface area contributed by atoms with Crippen LogP contribution in [0.15, 0.2) is 17.5 Å². The minimum Gasteiger partial charge on any atom is -0.480 e. The second-order valence-corrected chi connectivity index (χ2v) is 7.59. The molecule has 1 aromatic rings. The van der Waals surface area contributed by atoms with Crippen LogP contribution in [0.5, 0.6) is 0 Å². The van der Waals surface area contributed by atoms with Crippen molar-refractivity contribution in [2.45, 2.75) is 43.4 Å². The van der Waals surface area contributed by atoms with E-state index in [2.05, 4.69) is 43.5 Å². The number of aliphatic carboxylic acids is 1. The number of carboxylic acid groups (broad SMARTS) is 1. The number of imidazole rings is 1. The lowest BCUT2D eigenvalue weighted by molar-refractivity contribution is -0.142. The molecule has 0 saturated carbocycles. The van der Waals surface area contributed by atoms with Crippen molar-refractivity contribution in [3.63, 3.8) is 0 Å². The maximum atomic E-state index is 12.8. The van der Waals surface area contributed by atoms with Crippen molar-refractivity contribution in [1.82, 2.24) is 25.9 Å². The smallest absolute Gasteiger partial charge is 0.326 e. The number of carbonyl (C=O) groups excluding carboxylic acids is 3. The number of aromatic nitrogens is 2. The Labute approximate surface area is 200 Å². The summed E-state index contributed by atoms with van der Waals surface area (Å²) in [4.78, 5) is 59.4. The van der Waals surface area contributed by atoms with E-state index < -0.39 is 54.5 Å². The number of nitrogens with one attached hydrogen (secondary N) is 4. The summed E-state index contributed by atoms with van der Waals surface area (Å²) >= 11 is 4.06. The molecule has 0 bridgehead atoms. The first-order valence-corrected chi connectivity index (χ1v) is 10.9. The number of aromatic amines is 1. The molecule has 34 heavy (non-hydrogen) atoms. The van der Waals surface area contributed by atoms with E-state index in [1.807, 2.05) is 0 Å². The van der Waals surface area contributed by atoms with Crippen LogP contribution < -0.4 is 33.2 Å². The lowest BCUT2D eigenvalue weighted by atomic mass is 10.1. The number of thiol groups is 1. The van der Waals surface area contributed by atoms with E-state index in [4.69, 9.17) is 22.3 Å². The fourth-order valence-electron chi connectivity index (χ4n) is 2.69. The highest BCUT2D eigenvalue weighted by Gasteiger charge is 2.29. The van der Waals surface area contributed by atoms with E-state index in [0.29, 0.717) is 12.1 Å². The van der Waals surface area contributed by atoms with Crippen molar-refractivity contribution in [2.24, 2.45) is 22.2 Å². The SMILES string of the molecule is NC(N)=NCCCC(NC(=O)C(N)CO)C(=O)NC(CS)C(=O)NC(Cc1cnc[nH]1)C(=O)O. The van der Waals surface area contributed by atoms with Crippen molar-refractivity contribution in [1.29, 1.82) is 0 Å². The van der Waals surface area contributed by atoms with Crippen LogP contribution in [0.4, 0.5) is 0 Å². The number of carbonyl (C=O) groups is 4. The van der Waals surface area contributed by atoms with Crippen LogP contribution in [0.3, 0.4) is 0 Å². The summed E-state index contributed by atoms with van der Waals surface area (Å²) in [5, 5.41) is 25.7. The van der Waals surface area contributed by atoms with Gasteiger partial charge < -0.3 is 48.3 Å². The van der Waals surface area contributed by atoms with E-state index in [9.17, 15) is 24.3 Å². The molecule has 0 radical (unpaired) electrons. The van der Waals surface area contributed by atoms with Gasteiger partial charge in [-0.25, -0.2) is 9.78 Å². The Kier molecular flexibility index (Phi) is 12.4. The lowest BCUT2D eigenvalue weighted by Gasteiger charge is -2.24. The van der Waals surface area contributed by atoms with Gasteiger partial charge in [-0.1, -0.05) is 0 Å². The van der Waals surface area contributed by atoms with E-state index in [-0.39, 0.29) is 31.1 Å². The molecule has 0 aromatic carbocycles. The minimum absolute atomic E-state index is 0.0587. The Morgan fingerprint density at radius 1 is 1.09 bits per heavy atom. The molecule has 4 unspecified atom stereocenters. The molecular weight excluding hydrogens is 470 g/mol. The highest BCUT2D eigenvalue weighted by molar-refractivity contribution is 7.80. The van der Waals surface area contributed by atoms with Crippen molar-refractivity contribution in [3.8, 4) is 0 Å². The second kappa shape index (κ2) is 14.7. The van der Waals surface area contributed by atoms with Crippen LogP contribution in [0.2, 0.25) is 0 Å². The zero-order chi connectivity index (χ0) is 25.7. The molecule has 12 N–H and O–H groups in total. The van der Waals surface area contributed by atoms with Gasteiger partial charge >= 0.3 is 5.97 Å².